The Bertz CT molecular complexity index is 342. The van der Waals surface area contributed by atoms with Crippen LogP contribution in [0, 0.1) is 0 Å². The van der Waals surface area contributed by atoms with Crippen molar-refractivity contribution in [2.24, 2.45) is 0 Å². The van der Waals surface area contributed by atoms with Crippen molar-refractivity contribution < 1.29 is 4.74 Å². The highest BCUT2D eigenvalue weighted by Gasteiger charge is 2.21. The maximum Gasteiger partial charge on any atom is 0.137 e. The molecule has 0 amide bonds. The summed E-state index contributed by atoms with van der Waals surface area (Å²) in [5.41, 5.74) is 0. The van der Waals surface area contributed by atoms with E-state index in [1.807, 2.05) is 23.9 Å². The van der Waals surface area contributed by atoms with E-state index in [1.54, 1.807) is 13.3 Å². The summed E-state index contributed by atoms with van der Waals surface area (Å²) >= 11 is 1.99. The van der Waals surface area contributed by atoms with Gasteiger partial charge in [0.1, 0.15) is 11.6 Å². The van der Waals surface area contributed by atoms with Crippen LogP contribution in [0.25, 0.3) is 0 Å². The van der Waals surface area contributed by atoms with Crippen LogP contribution in [0.15, 0.2) is 18.3 Å². The van der Waals surface area contributed by atoms with Crippen molar-refractivity contribution in [1.29, 1.82) is 0 Å². The molecule has 1 fully saturated rings. The molecule has 1 heterocycles. The first-order chi connectivity index (χ1) is 8.31. The molecule has 0 radical (unpaired) electrons. The Morgan fingerprint density at radius 2 is 2.29 bits per heavy atom. The lowest BCUT2D eigenvalue weighted by atomic mass is 9.95. The number of nitrogens with one attached hydrogen (secondary N) is 1. The van der Waals surface area contributed by atoms with Crippen molar-refractivity contribution in [3.8, 4) is 5.75 Å². The summed E-state index contributed by atoms with van der Waals surface area (Å²) in [5.74, 6) is 1.76. The summed E-state index contributed by atoms with van der Waals surface area (Å²) in [4.78, 5) is 4.35. The van der Waals surface area contributed by atoms with Crippen LogP contribution in [-0.2, 0) is 0 Å². The molecule has 94 valence electrons. The highest BCUT2D eigenvalue weighted by atomic mass is 32.2. The monoisotopic (exact) mass is 252 g/mol. The lowest BCUT2D eigenvalue weighted by Crippen LogP contribution is -2.28. The fraction of sp³-hybridized carbons (Fsp3) is 0.615. The quantitative estimate of drug-likeness (QED) is 0.892. The van der Waals surface area contributed by atoms with E-state index in [1.165, 1.54) is 25.7 Å². The van der Waals surface area contributed by atoms with Gasteiger partial charge in [0.25, 0.3) is 0 Å². The Labute approximate surface area is 107 Å². The zero-order valence-corrected chi connectivity index (χ0v) is 11.3. The third-order valence-electron chi connectivity index (χ3n) is 3.28. The lowest BCUT2D eigenvalue weighted by Gasteiger charge is -2.29. The summed E-state index contributed by atoms with van der Waals surface area (Å²) < 4.78 is 5.10. The number of pyridine rings is 1. The van der Waals surface area contributed by atoms with E-state index in [2.05, 4.69) is 16.6 Å². The molecule has 1 aliphatic carbocycles. The summed E-state index contributed by atoms with van der Waals surface area (Å²) in [5, 5.41) is 4.32. The molecule has 0 bridgehead atoms. The maximum atomic E-state index is 5.10. The van der Waals surface area contributed by atoms with Crippen LogP contribution in [-0.4, -0.2) is 29.6 Å². The maximum absolute atomic E-state index is 5.10. The molecule has 2 atom stereocenters. The summed E-state index contributed by atoms with van der Waals surface area (Å²) in [7, 11) is 1.66. The number of hydrogen-bond acceptors (Lipinski definition) is 4. The Morgan fingerprint density at radius 3 is 2.94 bits per heavy atom. The van der Waals surface area contributed by atoms with E-state index in [9.17, 15) is 0 Å². The van der Waals surface area contributed by atoms with Crippen LogP contribution < -0.4 is 10.1 Å². The van der Waals surface area contributed by atoms with E-state index in [0.29, 0.717) is 6.04 Å². The van der Waals surface area contributed by atoms with E-state index in [-0.39, 0.29) is 0 Å². The fourth-order valence-corrected chi connectivity index (χ4v) is 3.11. The first kappa shape index (κ1) is 12.6. The molecule has 0 aromatic carbocycles. The van der Waals surface area contributed by atoms with Gasteiger partial charge in [0.2, 0.25) is 0 Å². The van der Waals surface area contributed by atoms with Crippen LogP contribution in [0.4, 0.5) is 5.82 Å². The molecule has 1 aromatic heterocycles. The second-order valence-electron chi connectivity index (χ2n) is 4.45. The van der Waals surface area contributed by atoms with Gasteiger partial charge in [0, 0.05) is 11.3 Å². The zero-order chi connectivity index (χ0) is 12.1. The molecule has 1 aromatic rings. The van der Waals surface area contributed by atoms with Crippen LogP contribution in [0.2, 0.25) is 0 Å². The highest BCUT2D eigenvalue weighted by Crippen LogP contribution is 2.28. The minimum Gasteiger partial charge on any atom is -0.495 e. The molecule has 1 N–H and O–H groups in total. The number of rotatable bonds is 4. The van der Waals surface area contributed by atoms with Gasteiger partial charge in [0.05, 0.1) is 13.3 Å². The molecular formula is C13H20N2OS. The van der Waals surface area contributed by atoms with Crippen LogP contribution in [0.5, 0.6) is 5.75 Å². The number of aromatic nitrogens is 1. The van der Waals surface area contributed by atoms with Gasteiger partial charge in [-0.3, -0.25) is 0 Å². The smallest absolute Gasteiger partial charge is 0.137 e. The third kappa shape index (κ3) is 3.53. The van der Waals surface area contributed by atoms with E-state index in [4.69, 9.17) is 4.74 Å². The number of methoxy groups -OCH3 is 1. The van der Waals surface area contributed by atoms with Gasteiger partial charge in [0.15, 0.2) is 0 Å². The summed E-state index contributed by atoms with van der Waals surface area (Å²) in [6.07, 6.45) is 9.14. The summed E-state index contributed by atoms with van der Waals surface area (Å²) in [6, 6.07) is 4.51. The molecule has 3 nitrogen and oxygen atoms in total. The van der Waals surface area contributed by atoms with Gasteiger partial charge in [-0.2, -0.15) is 11.8 Å². The Morgan fingerprint density at radius 1 is 1.41 bits per heavy atom. The topological polar surface area (TPSA) is 34.1 Å². The molecule has 0 aliphatic heterocycles. The number of ether oxygens (including phenoxy) is 1. The van der Waals surface area contributed by atoms with Gasteiger partial charge >= 0.3 is 0 Å². The molecule has 0 spiro atoms. The molecule has 17 heavy (non-hydrogen) atoms. The Hall–Kier alpha value is -0.900. The fourth-order valence-electron chi connectivity index (χ4n) is 2.29. The van der Waals surface area contributed by atoms with Crippen molar-refractivity contribution in [3.63, 3.8) is 0 Å². The average molecular weight is 252 g/mol. The first-order valence-corrected chi connectivity index (χ1v) is 7.40. The number of nitrogens with zero attached hydrogens (tertiary/aromatic N) is 1. The number of anilines is 1. The normalized spacial score (nSPS) is 24.4. The largest absolute Gasteiger partial charge is 0.495 e. The number of thioether (sulfide) groups is 1. The number of hydrogen-bond donors (Lipinski definition) is 1. The van der Waals surface area contributed by atoms with Crippen molar-refractivity contribution in [3.05, 3.63) is 18.3 Å². The second-order valence-corrected chi connectivity index (χ2v) is 5.59. The van der Waals surface area contributed by atoms with E-state index < -0.39 is 0 Å². The van der Waals surface area contributed by atoms with Crippen molar-refractivity contribution >= 4 is 17.6 Å². The molecule has 0 saturated heterocycles. The Kier molecular flexibility index (Phi) is 4.54. The van der Waals surface area contributed by atoms with Gasteiger partial charge in [-0.25, -0.2) is 4.98 Å². The minimum atomic E-state index is 0.571. The second kappa shape index (κ2) is 6.15. The Balaban J connectivity index is 1.90. The first-order valence-electron chi connectivity index (χ1n) is 6.11. The predicted molar refractivity (Wildman–Crippen MR) is 74.0 cm³/mol. The van der Waals surface area contributed by atoms with E-state index >= 15 is 0 Å². The van der Waals surface area contributed by atoms with Gasteiger partial charge in [-0.15, -0.1) is 0 Å². The van der Waals surface area contributed by atoms with Gasteiger partial charge in [-0.05, 0) is 37.7 Å². The molecule has 2 rings (SSSR count). The minimum absolute atomic E-state index is 0.571. The summed E-state index contributed by atoms with van der Waals surface area (Å²) in [6.45, 7) is 0. The van der Waals surface area contributed by atoms with Crippen LogP contribution in [0.3, 0.4) is 0 Å². The van der Waals surface area contributed by atoms with Crippen molar-refractivity contribution in [1.82, 2.24) is 4.98 Å². The van der Waals surface area contributed by atoms with Gasteiger partial charge < -0.3 is 10.1 Å². The van der Waals surface area contributed by atoms with Crippen molar-refractivity contribution in [2.75, 3.05) is 18.7 Å². The van der Waals surface area contributed by atoms with Crippen LogP contribution >= 0.6 is 11.8 Å². The zero-order valence-electron chi connectivity index (χ0n) is 10.5. The molecule has 1 aliphatic rings. The van der Waals surface area contributed by atoms with E-state index in [0.717, 1.165) is 16.8 Å². The SMILES string of the molecule is COc1ccc(NC2CCCC(SC)C2)nc1. The molecule has 4 heteroatoms. The van der Waals surface area contributed by atoms with Gasteiger partial charge in [-0.1, -0.05) is 6.42 Å². The average Bonchev–Trinajstić information content (AvgIpc) is 2.40. The third-order valence-corrected chi connectivity index (χ3v) is 4.38. The molecule has 2 unspecified atom stereocenters. The highest BCUT2D eigenvalue weighted by molar-refractivity contribution is 7.99. The predicted octanol–water partition coefficient (Wildman–Crippen LogP) is 3.18. The lowest BCUT2D eigenvalue weighted by molar-refractivity contribution is 0.413. The van der Waals surface area contributed by atoms with Crippen LogP contribution in [0.1, 0.15) is 25.7 Å². The van der Waals surface area contributed by atoms with Crippen molar-refractivity contribution in [2.45, 2.75) is 37.0 Å². The molecular weight excluding hydrogens is 232 g/mol. The molecule has 1 saturated carbocycles. The standard InChI is InChI=1S/C13H20N2OS/c1-16-11-6-7-13(14-9-11)15-10-4-3-5-12(8-10)17-2/h6-7,9-10,12H,3-5,8H2,1-2H3,(H,14,15).